The van der Waals surface area contributed by atoms with Crippen molar-refractivity contribution in [3.05, 3.63) is 29.8 Å². The Morgan fingerprint density at radius 1 is 1.32 bits per heavy atom. The van der Waals surface area contributed by atoms with E-state index in [0.717, 1.165) is 18.3 Å². The van der Waals surface area contributed by atoms with Crippen LogP contribution < -0.4 is 4.74 Å². The van der Waals surface area contributed by atoms with E-state index in [4.69, 9.17) is 4.74 Å². The molecule has 1 aromatic rings. The van der Waals surface area contributed by atoms with E-state index >= 15 is 0 Å². The van der Waals surface area contributed by atoms with Gasteiger partial charge in [0.25, 0.3) is 0 Å². The van der Waals surface area contributed by atoms with Gasteiger partial charge >= 0.3 is 0 Å². The lowest BCUT2D eigenvalue weighted by molar-refractivity contribution is 0.0540. The van der Waals surface area contributed by atoms with Crippen LogP contribution in [-0.4, -0.2) is 48.6 Å². The van der Waals surface area contributed by atoms with Gasteiger partial charge in [0, 0.05) is 31.7 Å². The standard InChI is InChI=1S/C16H24N2O/c1-13-10-17-8-4-6-15(17)12-18(13)11-14-5-3-7-16(9-14)19-2/h3,5,7,9,13,15H,4,6,8,10-12H2,1-2H3/t13-,15?/m1/s1. The first-order chi connectivity index (χ1) is 9.26. The fourth-order valence-electron chi connectivity index (χ4n) is 3.47. The fourth-order valence-corrected chi connectivity index (χ4v) is 3.47. The maximum absolute atomic E-state index is 5.31. The Morgan fingerprint density at radius 2 is 2.21 bits per heavy atom. The van der Waals surface area contributed by atoms with Crippen molar-refractivity contribution in [3.63, 3.8) is 0 Å². The lowest BCUT2D eigenvalue weighted by atomic mass is 10.1. The Balaban J connectivity index is 1.68. The zero-order chi connectivity index (χ0) is 13.2. The summed E-state index contributed by atoms with van der Waals surface area (Å²) < 4.78 is 5.31. The van der Waals surface area contributed by atoms with Gasteiger partial charge < -0.3 is 4.74 Å². The predicted molar refractivity (Wildman–Crippen MR) is 77.5 cm³/mol. The van der Waals surface area contributed by atoms with E-state index in [1.165, 1.54) is 38.0 Å². The predicted octanol–water partition coefficient (Wildman–Crippen LogP) is 2.36. The number of ether oxygens (including phenoxy) is 1. The van der Waals surface area contributed by atoms with Gasteiger partial charge in [0.05, 0.1) is 7.11 Å². The van der Waals surface area contributed by atoms with Crippen LogP contribution in [-0.2, 0) is 6.54 Å². The molecule has 2 heterocycles. The molecule has 3 rings (SSSR count). The molecule has 2 aliphatic heterocycles. The molecule has 3 heteroatoms. The molecule has 3 nitrogen and oxygen atoms in total. The molecule has 2 atom stereocenters. The lowest BCUT2D eigenvalue weighted by Crippen LogP contribution is -2.54. The van der Waals surface area contributed by atoms with Crippen LogP contribution >= 0.6 is 0 Å². The molecule has 0 radical (unpaired) electrons. The Morgan fingerprint density at radius 3 is 3.05 bits per heavy atom. The number of methoxy groups -OCH3 is 1. The van der Waals surface area contributed by atoms with Crippen molar-refractivity contribution in [3.8, 4) is 5.75 Å². The molecule has 1 aromatic carbocycles. The van der Waals surface area contributed by atoms with E-state index in [1.807, 2.05) is 6.07 Å². The highest BCUT2D eigenvalue weighted by Gasteiger charge is 2.34. The molecular weight excluding hydrogens is 236 g/mol. The summed E-state index contributed by atoms with van der Waals surface area (Å²) in [5.74, 6) is 0.963. The first-order valence-electron chi connectivity index (χ1n) is 7.37. The third-order valence-electron chi connectivity index (χ3n) is 4.59. The van der Waals surface area contributed by atoms with Crippen molar-refractivity contribution in [2.75, 3.05) is 26.7 Å². The van der Waals surface area contributed by atoms with Gasteiger partial charge in [0.2, 0.25) is 0 Å². The minimum absolute atomic E-state index is 0.653. The smallest absolute Gasteiger partial charge is 0.119 e. The van der Waals surface area contributed by atoms with Crippen molar-refractivity contribution >= 4 is 0 Å². The highest BCUT2D eigenvalue weighted by molar-refractivity contribution is 5.28. The fraction of sp³-hybridized carbons (Fsp3) is 0.625. The summed E-state index contributed by atoms with van der Waals surface area (Å²) in [5.41, 5.74) is 1.36. The van der Waals surface area contributed by atoms with Gasteiger partial charge in [-0.2, -0.15) is 0 Å². The van der Waals surface area contributed by atoms with Crippen molar-refractivity contribution < 1.29 is 4.74 Å². The third kappa shape index (κ3) is 2.77. The number of piperazine rings is 1. The van der Waals surface area contributed by atoms with Crippen molar-refractivity contribution in [1.29, 1.82) is 0 Å². The molecule has 2 saturated heterocycles. The SMILES string of the molecule is COc1cccc(CN2CC3CCCN3C[C@H]2C)c1. The van der Waals surface area contributed by atoms with Crippen LogP contribution in [0.2, 0.25) is 0 Å². The van der Waals surface area contributed by atoms with Gasteiger partial charge in [-0.3, -0.25) is 9.80 Å². The number of fused-ring (bicyclic) bond motifs is 1. The minimum Gasteiger partial charge on any atom is -0.497 e. The van der Waals surface area contributed by atoms with Crippen molar-refractivity contribution in [2.45, 2.75) is 38.4 Å². The normalized spacial score (nSPS) is 28.3. The molecule has 0 saturated carbocycles. The lowest BCUT2D eigenvalue weighted by Gasteiger charge is -2.42. The van der Waals surface area contributed by atoms with Gasteiger partial charge in [-0.05, 0) is 44.0 Å². The molecule has 0 aromatic heterocycles. The van der Waals surface area contributed by atoms with Crippen LogP contribution in [0.1, 0.15) is 25.3 Å². The van der Waals surface area contributed by atoms with Crippen LogP contribution in [0.3, 0.4) is 0 Å². The quantitative estimate of drug-likeness (QED) is 0.830. The van der Waals surface area contributed by atoms with Gasteiger partial charge in [-0.1, -0.05) is 12.1 Å². The Kier molecular flexibility index (Phi) is 3.76. The van der Waals surface area contributed by atoms with E-state index in [2.05, 4.69) is 34.9 Å². The average Bonchev–Trinajstić information content (AvgIpc) is 2.86. The molecule has 104 valence electrons. The molecule has 1 unspecified atom stereocenters. The maximum Gasteiger partial charge on any atom is 0.119 e. The highest BCUT2D eigenvalue weighted by atomic mass is 16.5. The molecule has 0 amide bonds. The third-order valence-corrected chi connectivity index (χ3v) is 4.59. The van der Waals surface area contributed by atoms with Gasteiger partial charge in [-0.25, -0.2) is 0 Å². The number of benzene rings is 1. The van der Waals surface area contributed by atoms with Crippen LogP contribution in [0.15, 0.2) is 24.3 Å². The summed E-state index contributed by atoms with van der Waals surface area (Å²) in [6.07, 6.45) is 2.76. The van der Waals surface area contributed by atoms with Crippen LogP contribution in [0, 0.1) is 0 Å². The first-order valence-corrected chi connectivity index (χ1v) is 7.37. The second-order valence-corrected chi connectivity index (χ2v) is 5.92. The summed E-state index contributed by atoms with van der Waals surface area (Å²) in [4.78, 5) is 5.30. The molecule has 2 aliphatic rings. The Bertz CT molecular complexity index is 435. The molecule has 19 heavy (non-hydrogen) atoms. The summed E-state index contributed by atoms with van der Waals surface area (Å²) in [6, 6.07) is 9.92. The summed E-state index contributed by atoms with van der Waals surface area (Å²) in [6.45, 7) is 7.16. The van der Waals surface area contributed by atoms with Gasteiger partial charge in [-0.15, -0.1) is 0 Å². The number of nitrogens with zero attached hydrogens (tertiary/aromatic N) is 2. The second-order valence-electron chi connectivity index (χ2n) is 5.92. The van der Waals surface area contributed by atoms with E-state index in [9.17, 15) is 0 Å². The van der Waals surface area contributed by atoms with Crippen LogP contribution in [0.5, 0.6) is 5.75 Å². The summed E-state index contributed by atoms with van der Waals surface area (Å²) >= 11 is 0. The van der Waals surface area contributed by atoms with E-state index < -0.39 is 0 Å². The maximum atomic E-state index is 5.31. The average molecular weight is 260 g/mol. The molecular formula is C16H24N2O. The zero-order valence-corrected chi connectivity index (χ0v) is 12.0. The topological polar surface area (TPSA) is 15.7 Å². The zero-order valence-electron chi connectivity index (χ0n) is 12.0. The van der Waals surface area contributed by atoms with Gasteiger partial charge in [0.1, 0.15) is 5.75 Å². The Labute approximate surface area is 116 Å². The minimum atomic E-state index is 0.653. The van der Waals surface area contributed by atoms with E-state index in [1.54, 1.807) is 7.11 Å². The van der Waals surface area contributed by atoms with Crippen molar-refractivity contribution in [2.24, 2.45) is 0 Å². The second kappa shape index (κ2) is 5.51. The highest BCUT2D eigenvalue weighted by Crippen LogP contribution is 2.26. The number of hydrogen-bond donors (Lipinski definition) is 0. The molecule has 0 bridgehead atoms. The summed E-state index contributed by atoms with van der Waals surface area (Å²) in [5, 5.41) is 0. The van der Waals surface area contributed by atoms with Crippen LogP contribution in [0.25, 0.3) is 0 Å². The molecule has 0 N–H and O–H groups in total. The largest absolute Gasteiger partial charge is 0.497 e. The van der Waals surface area contributed by atoms with Crippen molar-refractivity contribution in [1.82, 2.24) is 9.80 Å². The molecule has 0 spiro atoms. The van der Waals surface area contributed by atoms with E-state index in [0.29, 0.717) is 6.04 Å². The molecule has 0 aliphatic carbocycles. The van der Waals surface area contributed by atoms with E-state index in [-0.39, 0.29) is 0 Å². The Hall–Kier alpha value is -1.06. The first kappa shape index (κ1) is 12.9. The number of hydrogen-bond acceptors (Lipinski definition) is 3. The molecule has 2 fully saturated rings. The van der Waals surface area contributed by atoms with Crippen LogP contribution in [0.4, 0.5) is 0 Å². The van der Waals surface area contributed by atoms with Gasteiger partial charge in [0.15, 0.2) is 0 Å². The number of rotatable bonds is 3. The monoisotopic (exact) mass is 260 g/mol. The summed E-state index contributed by atoms with van der Waals surface area (Å²) in [7, 11) is 1.74.